The van der Waals surface area contributed by atoms with Crippen molar-refractivity contribution >= 4 is 50.7 Å². The smallest absolute Gasteiger partial charge is 0.264 e. The van der Waals surface area contributed by atoms with Gasteiger partial charge < -0.3 is 15.0 Å². The van der Waals surface area contributed by atoms with E-state index in [-0.39, 0.29) is 39.5 Å². The molecular weight excluding hydrogens is 621 g/mol. The number of carbonyl (C=O) groups is 2. The van der Waals surface area contributed by atoms with Gasteiger partial charge in [0.2, 0.25) is 11.8 Å². The molecule has 4 aromatic carbocycles. The van der Waals surface area contributed by atoms with E-state index >= 15 is 0 Å². The van der Waals surface area contributed by atoms with Crippen LogP contribution in [-0.2, 0) is 32.6 Å². The maximum Gasteiger partial charge on any atom is 0.264 e. The van der Waals surface area contributed by atoms with Crippen LogP contribution in [0.25, 0.3) is 0 Å². The summed E-state index contributed by atoms with van der Waals surface area (Å²) in [6.07, 6.45) is 0.205. The van der Waals surface area contributed by atoms with E-state index in [0.29, 0.717) is 17.9 Å². The van der Waals surface area contributed by atoms with Crippen LogP contribution in [0.3, 0.4) is 0 Å². The number of nitrogens with one attached hydrogen (secondary N) is 1. The van der Waals surface area contributed by atoms with Crippen molar-refractivity contribution in [1.29, 1.82) is 0 Å². The Morgan fingerprint density at radius 3 is 2.07 bits per heavy atom. The number of hydrogen-bond acceptors (Lipinski definition) is 5. The highest BCUT2D eigenvalue weighted by Gasteiger charge is 2.34. The molecule has 0 fully saturated rings. The average Bonchev–Trinajstić information content (AvgIpc) is 3.02. The second-order valence-electron chi connectivity index (χ2n) is 9.93. The van der Waals surface area contributed by atoms with Crippen LogP contribution in [0.15, 0.2) is 108 Å². The molecule has 1 N–H and O–H groups in total. The number of likely N-dealkylation sites (N-methyl/N-ethyl adjacent to an activating group) is 1. The Labute approximate surface area is 268 Å². The van der Waals surface area contributed by atoms with Gasteiger partial charge in [0.15, 0.2) is 0 Å². The van der Waals surface area contributed by atoms with E-state index in [2.05, 4.69) is 5.32 Å². The van der Waals surface area contributed by atoms with E-state index in [1.807, 2.05) is 36.4 Å². The molecule has 230 valence electrons. The Kier molecular flexibility index (Phi) is 11.3. The SMILES string of the molecule is CCNC(=O)C(Cc1ccccc1)N(Cc1cccc(OC)c1)C(=O)CN(c1cc(Cl)cc(Cl)c1)S(=O)(=O)c1ccccc1. The summed E-state index contributed by atoms with van der Waals surface area (Å²) < 4.78 is 34.4. The standard InChI is InChI=1S/C33H33Cl2N3O5S/c1-3-36-33(40)31(18-24-11-6-4-7-12-24)37(22-25-13-10-14-29(17-25)43-2)32(39)23-38(28-20-26(34)19-27(35)21-28)44(41,42)30-15-8-5-9-16-30/h4-17,19-21,31H,3,18,22-23H2,1-2H3,(H,36,40). The molecule has 0 heterocycles. The molecule has 0 saturated heterocycles. The van der Waals surface area contributed by atoms with Crippen LogP contribution in [0.1, 0.15) is 18.1 Å². The molecule has 8 nitrogen and oxygen atoms in total. The first-order valence-electron chi connectivity index (χ1n) is 13.9. The Hall–Kier alpha value is -4.05. The second kappa shape index (κ2) is 15.1. The van der Waals surface area contributed by atoms with Crippen LogP contribution in [0.4, 0.5) is 5.69 Å². The Morgan fingerprint density at radius 1 is 0.841 bits per heavy atom. The molecule has 1 unspecified atom stereocenters. The van der Waals surface area contributed by atoms with Gasteiger partial charge in [-0.1, -0.05) is 83.9 Å². The van der Waals surface area contributed by atoms with Gasteiger partial charge in [0.25, 0.3) is 10.0 Å². The summed E-state index contributed by atoms with van der Waals surface area (Å²) in [6, 6.07) is 27.6. The van der Waals surface area contributed by atoms with Gasteiger partial charge in [0.1, 0.15) is 18.3 Å². The minimum atomic E-state index is -4.27. The zero-order valence-corrected chi connectivity index (χ0v) is 26.6. The maximum absolute atomic E-state index is 14.4. The number of anilines is 1. The fraction of sp³-hybridized carbons (Fsp3) is 0.212. The van der Waals surface area contributed by atoms with Crippen molar-refractivity contribution in [2.24, 2.45) is 0 Å². The van der Waals surface area contributed by atoms with E-state index in [9.17, 15) is 18.0 Å². The summed E-state index contributed by atoms with van der Waals surface area (Å²) >= 11 is 12.6. The van der Waals surface area contributed by atoms with Crippen LogP contribution in [0.5, 0.6) is 5.75 Å². The van der Waals surface area contributed by atoms with Crippen molar-refractivity contribution in [1.82, 2.24) is 10.2 Å². The van der Waals surface area contributed by atoms with E-state index < -0.39 is 28.5 Å². The Balaban J connectivity index is 1.82. The number of carbonyl (C=O) groups excluding carboxylic acids is 2. The molecule has 0 radical (unpaired) electrons. The number of ether oxygens (including phenoxy) is 1. The van der Waals surface area contributed by atoms with Gasteiger partial charge in [-0.25, -0.2) is 8.42 Å². The van der Waals surface area contributed by atoms with E-state index in [1.165, 1.54) is 42.3 Å². The summed E-state index contributed by atoms with van der Waals surface area (Å²) in [7, 11) is -2.73. The van der Waals surface area contributed by atoms with Gasteiger partial charge in [-0.2, -0.15) is 0 Å². The molecule has 1 atom stereocenters. The van der Waals surface area contributed by atoms with E-state index in [4.69, 9.17) is 27.9 Å². The van der Waals surface area contributed by atoms with Gasteiger partial charge >= 0.3 is 0 Å². The van der Waals surface area contributed by atoms with Crippen LogP contribution >= 0.6 is 23.2 Å². The second-order valence-corrected chi connectivity index (χ2v) is 12.7. The van der Waals surface area contributed by atoms with Gasteiger partial charge in [-0.15, -0.1) is 0 Å². The number of halogens is 2. The first-order chi connectivity index (χ1) is 21.1. The third-order valence-electron chi connectivity index (χ3n) is 6.85. The fourth-order valence-corrected chi connectivity index (χ4v) is 6.68. The quantitative estimate of drug-likeness (QED) is 0.192. The van der Waals surface area contributed by atoms with Crippen molar-refractivity contribution in [2.45, 2.75) is 30.8 Å². The lowest BCUT2D eigenvalue weighted by atomic mass is 10.0. The topological polar surface area (TPSA) is 96.0 Å². The molecule has 0 aromatic heterocycles. The van der Waals surface area contributed by atoms with Crippen LogP contribution in [0.2, 0.25) is 10.0 Å². The molecule has 0 bridgehead atoms. The van der Waals surface area contributed by atoms with Crippen molar-refractivity contribution in [3.05, 3.63) is 124 Å². The van der Waals surface area contributed by atoms with Gasteiger partial charge in [0.05, 0.1) is 17.7 Å². The monoisotopic (exact) mass is 653 g/mol. The molecule has 0 saturated carbocycles. The predicted octanol–water partition coefficient (Wildman–Crippen LogP) is 5.97. The number of benzene rings is 4. The maximum atomic E-state index is 14.4. The molecule has 2 amide bonds. The van der Waals surface area contributed by atoms with Crippen molar-refractivity contribution < 1.29 is 22.7 Å². The van der Waals surface area contributed by atoms with Crippen molar-refractivity contribution in [3.63, 3.8) is 0 Å². The first kappa shape index (κ1) is 32.9. The first-order valence-corrected chi connectivity index (χ1v) is 16.1. The van der Waals surface area contributed by atoms with E-state index in [1.54, 1.807) is 43.3 Å². The molecule has 0 aliphatic heterocycles. The largest absolute Gasteiger partial charge is 0.497 e. The number of rotatable bonds is 13. The number of amides is 2. The minimum Gasteiger partial charge on any atom is -0.497 e. The van der Waals surface area contributed by atoms with Gasteiger partial charge in [0, 0.05) is 29.6 Å². The highest BCUT2D eigenvalue weighted by Crippen LogP contribution is 2.30. The zero-order chi connectivity index (χ0) is 31.7. The Bertz CT molecular complexity index is 1670. The number of nitrogens with zero attached hydrogens (tertiary/aromatic N) is 2. The number of sulfonamides is 1. The van der Waals surface area contributed by atoms with Crippen molar-refractivity contribution in [3.8, 4) is 5.75 Å². The number of hydrogen-bond donors (Lipinski definition) is 1. The van der Waals surface area contributed by atoms with Crippen LogP contribution < -0.4 is 14.4 Å². The van der Waals surface area contributed by atoms with Crippen molar-refractivity contribution in [2.75, 3.05) is 24.5 Å². The molecular formula is C33H33Cl2N3O5S. The normalized spacial score (nSPS) is 11.8. The Morgan fingerprint density at radius 2 is 1.45 bits per heavy atom. The highest BCUT2D eigenvalue weighted by molar-refractivity contribution is 7.92. The minimum absolute atomic E-state index is 0.0141. The lowest BCUT2D eigenvalue weighted by Gasteiger charge is -2.34. The fourth-order valence-electron chi connectivity index (χ4n) is 4.75. The lowest BCUT2D eigenvalue weighted by Crippen LogP contribution is -2.53. The molecule has 11 heteroatoms. The van der Waals surface area contributed by atoms with E-state index in [0.717, 1.165) is 9.87 Å². The van der Waals surface area contributed by atoms with Crippen LogP contribution in [-0.4, -0.2) is 51.4 Å². The summed E-state index contributed by atoms with van der Waals surface area (Å²) in [5.41, 5.74) is 1.64. The average molecular weight is 655 g/mol. The molecule has 4 rings (SSSR count). The summed E-state index contributed by atoms with van der Waals surface area (Å²) in [6.45, 7) is 1.53. The third kappa shape index (κ3) is 8.31. The van der Waals surface area contributed by atoms with Crippen LogP contribution in [0, 0.1) is 0 Å². The summed E-state index contributed by atoms with van der Waals surface area (Å²) in [4.78, 5) is 29.4. The zero-order valence-electron chi connectivity index (χ0n) is 24.3. The predicted molar refractivity (Wildman–Crippen MR) is 174 cm³/mol. The molecule has 4 aromatic rings. The third-order valence-corrected chi connectivity index (χ3v) is 9.08. The molecule has 44 heavy (non-hydrogen) atoms. The molecule has 0 spiro atoms. The molecule has 0 aliphatic rings. The highest BCUT2D eigenvalue weighted by atomic mass is 35.5. The summed E-state index contributed by atoms with van der Waals surface area (Å²) in [5, 5.41) is 3.24. The molecule has 0 aliphatic carbocycles. The van der Waals surface area contributed by atoms with Gasteiger partial charge in [-0.3, -0.25) is 13.9 Å². The summed E-state index contributed by atoms with van der Waals surface area (Å²) in [5.74, 6) is -0.388. The lowest BCUT2D eigenvalue weighted by molar-refractivity contribution is -0.140. The van der Waals surface area contributed by atoms with Gasteiger partial charge in [-0.05, 0) is 60.5 Å². The number of methoxy groups -OCH3 is 1.